The van der Waals surface area contributed by atoms with E-state index in [0.717, 1.165) is 38.8 Å². The van der Waals surface area contributed by atoms with Crippen molar-refractivity contribution < 1.29 is 9.90 Å². The van der Waals surface area contributed by atoms with E-state index < -0.39 is 5.97 Å². The fraction of sp³-hybridized carbons (Fsp3) is 0.571. The fourth-order valence-electron chi connectivity index (χ4n) is 1.80. The molecular weight excluding hydrogens is 264 g/mol. The van der Waals surface area contributed by atoms with Crippen LogP contribution in [0.2, 0.25) is 5.02 Å². The molecule has 0 aromatic carbocycles. The first-order valence-corrected chi connectivity index (χ1v) is 7.11. The van der Waals surface area contributed by atoms with Gasteiger partial charge in [0.1, 0.15) is 5.82 Å². The predicted molar refractivity (Wildman–Crippen MR) is 78.2 cm³/mol. The molecule has 0 unspecified atom stereocenters. The lowest BCUT2D eigenvalue weighted by Crippen LogP contribution is -2.27. The number of pyridine rings is 1. The quantitative estimate of drug-likeness (QED) is 0.788. The molecule has 0 radical (unpaired) electrons. The van der Waals surface area contributed by atoms with Crippen LogP contribution in [0.4, 0.5) is 5.82 Å². The average Bonchev–Trinajstić information content (AvgIpc) is 2.39. The van der Waals surface area contributed by atoms with E-state index in [0.29, 0.717) is 10.8 Å². The lowest BCUT2D eigenvalue weighted by molar-refractivity contribution is 0.0696. The zero-order valence-corrected chi connectivity index (χ0v) is 12.3. The molecule has 0 saturated heterocycles. The summed E-state index contributed by atoms with van der Waals surface area (Å²) in [4.78, 5) is 17.2. The van der Waals surface area contributed by atoms with Crippen LogP contribution in [0, 0.1) is 0 Å². The molecule has 0 atom stereocenters. The molecule has 1 N–H and O–H groups in total. The van der Waals surface area contributed by atoms with Crippen LogP contribution in [0.3, 0.4) is 0 Å². The molecule has 0 fully saturated rings. The number of anilines is 1. The van der Waals surface area contributed by atoms with E-state index in [2.05, 4.69) is 23.7 Å². The zero-order valence-electron chi connectivity index (χ0n) is 11.5. The number of hydrogen-bond donors (Lipinski definition) is 1. The largest absolute Gasteiger partial charge is 0.478 e. The van der Waals surface area contributed by atoms with Gasteiger partial charge in [-0.3, -0.25) is 0 Å². The van der Waals surface area contributed by atoms with E-state index in [-0.39, 0.29) is 5.56 Å². The second kappa shape index (κ2) is 8.00. The van der Waals surface area contributed by atoms with Gasteiger partial charge in [-0.25, -0.2) is 9.78 Å². The molecule has 0 bridgehead atoms. The maximum atomic E-state index is 10.9. The molecule has 0 aliphatic rings. The molecule has 106 valence electrons. The molecule has 0 aliphatic heterocycles. The van der Waals surface area contributed by atoms with Crippen LogP contribution in [-0.2, 0) is 0 Å². The van der Waals surface area contributed by atoms with E-state index in [1.807, 2.05) is 0 Å². The number of rotatable bonds is 8. The first-order valence-electron chi connectivity index (χ1n) is 6.73. The SMILES string of the molecule is CCCCN(CCCC)c1ncc(C(=O)O)cc1Cl. The maximum Gasteiger partial charge on any atom is 0.337 e. The van der Waals surface area contributed by atoms with Crippen molar-refractivity contribution in [3.05, 3.63) is 22.8 Å². The Bertz CT molecular complexity index is 416. The minimum Gasteiger partial charge on any atom is -0.478 e. The zero-order chi connectivity index (χ0) is 14.3. The number of halogens is 1. The molecule has 0 amide bonds. The molecule has 1 aromatic rings. The predicted octanol–water partition coefficient (Wildman–Crippen LogP) is 3.84. The van der Waals surface area contributed by atoms with Crippen LogP contribution in [-0.4, -0.2) is 29.1 Å². The minimum absolute atomic E-state index is 0.125. The van der Waals surface area contributed by atoms with Gasteiger partial charge in [-0.05, 0) is 18.9 Å². The number of hydrogen-bond acceptors (Lipinski definition) is 3. The standard InChI is InChI=1S/C14H21ClN2O2/c1-3-5-7-17(8-6-4-2)13-12(15)9-11(10-16-13)14(18)19/h9-10H,3-8H2,1-2H3,(H,18,19). The Hall–Kier alpha value is -1.29. The van der Waals surface area contributed by atoms with Crippen molar-refractivity contribution in [1.82, 2.24) is 4.98 Å². The summed E-state index contributed by atoms with van der Waals surface area (Å²) < 4.78 is 0. The second-order valence-electron chi connectivity index (χ2n) is 4.53. The van der Waals surface area contributed by atoms with E-state index in [1.54, 1.807) is 0 Å². The molecule has 4 nitrogen and oxygen atoms in total. The molecule has 1 heterocycles. The minimum atomic E-state index is -1.00. The summed E-state index contributed by atoms with van der Waals surface area (Å²) >= 11 is 6.16. The number of nitrogens with zero attached hydrogens (tertiary/aromatic N) is 2. The lowest BCUT2D eigenvalue weighted by atomic mass is 10.2. The Morgan fingerprint density at radius 3 is 2.32 bits per heavy atom. The van der Waals surface area contributed by atoms with Gasteiger partial charge in [0, 0.05) is 19.3 Å². The Morgan fingerprint density at radius 1 is 1.32 bits per heavy atom. The summed E-state index contributed by atoms with van der Waals surface area (Å²) in [5.41, 5.74) is 0.125. The lowest BCUT2D eigenvalue weighted by Gasteiger charge is -2.24. The number of aromatic nitrogens is 1. The van der Waals surface area contributed by atoms with Crippen LogP contribution in [0.15, 0.2) is 12.3 Å². The number of carbonyl (C=O) groups is 1. The molecule has 1 rings (SSSR count). The van der Waals surface area contributed by atoms with Crippen molar-refractivity contribution in [2.24, 2.45) is 0 Å². The van der Waals surface area contributed by atoms with Crippen molar-refractivity contribution in [1.29, 1.82) is 0 Å². The van der Waals surface area contributed by atoms with E-state index in [1.165, 1.54) is 12.3 Å². The van der Waals surface area contributed by atoms with Gasteiger partial charge in [0.15, 0.2) is 0 Å². The Kier molecular flexibility index (Phi) is 6.64. The summed E-state index contributed by atoms with van der Waals surface area (Å²) in [6.07, 6.45) is 5.72. The summed E-state index contributed by atoms with van der Waals surface area (Å²) in [6.45, 7) is 6.08. The molecule has 5 heteroatoms. The van der Waals surface area contributed by atoms with Gasteiger partial charge in [0.2, 0.25) is 0 Å². The van der Waals surface area contributed by atoms with Crippen molar-refractivity contribution >= 4 is 23.4 Å². The molecule has 0 aliphatic carbocycles. The normalized spacial score (nSPS) is 10.5. The smallest absolute Gasteiger partial charge is 0.337 e. The Morgan fingerprint density at radius 2 is 1.89 bits per heavy atom. The average molecular weight is 285 g/mol. The van der Waals surface area contributed by atoms with Gasteiger partial charge in [0.05, 0.1) is 10.6 Å². The fourth-order valence-corrected chi connectivity index (χ4v) is 2.09. The van der Waals surface area contributed by atoms with Crippen molar-refractivity contribution in [2.75, 3.05) is 18.0 Å². The monoisotopic (exact) mass is 284 g/mol. The first-order chi connectivity index (χ1) is 9.10. The van der Waals surface area contributed by atoms with Crippen LogP contribution in [0.25, 0.3) is 0 Å². The summed E-state index contributed by atoms with van der Waals surface area (Å²) in [5, 5.41) is 9.32. The third kappa shape index (κ3) is 4.71. The number of aromatic carboxylic acids is 1. The first kappa shape index (κ1) is 15.8. The van der Waals surface area contributed by atoms with Crippen molar-refractivity contribution in [3.8, 4) is 0 Å². The van der Waals surface area contributed by atoms with Crippen LogP contribution in [0.5, 0.6) is 0 Å². The van der Waals surface area contributed by atoms with E-state index >= 15 is 0 Å². The third-order valence-corrected chi connectivity index (χ3v) is 3.21. The van der Waals surface area contributed by atoms with E-state index in [9.17, 15) is 4.79 Å². The molecule has 0 saturated carbocycles. The highest BCUT2D eigenvalue weighted by atomic mass is 35.5. The van der Waals surface area contributed by atoms with Crippen LogP contribution in [0.1, 0.15) is 49.9 Å². The highest BCUT2D eigenvalue weighted by Crippen LogP contribution is 2.25. The molecule has 1 aromatic heterocycles. The molecular formula is C14H21ClN2O2. The number of unbranched alkanes of at least 4 members (excludes halogenated alkanes) is 2. The maximum absolute atomic E-state index is 10.9. The highest BCUT2D eigenvalue weighted by Gasteiger charge is 2.14. The van der Waals surface area contributed by atoms with Gasteiger partial charge in [-0.2, -0.15) is 0 Å². The van der Waals surface area contributed by atoms with Gasteiger partial charge >= 0.3 is 5.97 Å². The summed E-state index contributed by atoms with van der Waals surface area (Å²) in [5.74, 6) is -0.316. The van der Waals surface area contributed by atoms with E-state index in [4.69, 9.17) is 16.7 Å². The Labute approximate surface area is 119 Å². The summed E-state index contributed by atoms with van der Waals surface area (Å²) in [6, 6.07) is 1.47. The topological polar surface area (TPSA) is 53.4 Å². The Balaban J connectivity index is 2.90. The van der Waals surface area contributed by atoms with Gasteiger partial charge in [-0.1, -0.05) is 38.3 Å². The number of carboxylic acids is 1. The van der Waals surface area contributed by atoms with Crippen molar-refractivity contribution in [2.45, 2.75) is 39.5 Å². The van der Waals surface area contributed by atoms with Crippen LogP contribution >= 0.6 is 11.6 Å². The highest BCUT2D eigenvalue weighted by molar-refractivity contribution is 6.33. The van der Waals surface area contributed by atoms with Crippen molar-refractivity contribution in [3.63, 3.8) is 0 Å². The molecule has 0 spiro atoms. The van der Waals surface area contributed by atoms with Gasteiger partial charge < -0.3 is 10.0 Å². The number of carboxylic acid groups (broad SMARTS) is 1. The van der Waals surface area contributed by atoms with Gasteiger partial charge in [-0.15, -0.1) is 0 Å². The summed E-state index contributed by atoms with van der Waals surface area (Å²) in [7, 11) is 0. The third-order valence-electron chi connectivity index (χ3n) is 2.93. The second-order valence-corrected chi connectivity index (χ2v) is 4.94. The van der Waals surface area contributed by atoms with Crippen LogP contribution < -0.4 is 4.90 Å². The molecule has 19 heavy (non-hydrogen) atoms. The van der Waals surface area contributed by atoms with Gasteiger partial charge in [0.25, 0.3) is 0 Å².